The van der Waals surface area contributed by atoms with E-state index in [1.807, 2.05) is 30.3 Å². The van der Waals surface area contributed by atoms with E-state index in [2.05, 4.69) is 30.2 Å². The Hall–Kier alpha value is -2.04. The van der Waals surface area contributed by atoms with E-state index in [-0.39, 0.29) is 17.9 Å². The van der Waals surface area contributed by atoms with Gasteiger partial charge in [-0.05, 0) is 49.7 Å². The fourth-order valence-electron chi connectivity index (χ4n) is 2.60. The van der Waals surface area contributed by atoms with Crippen LogP contribution in [0.15, 0.2) is 60.9 Å². The van der Waals surface area contributed by atoms with Gasteiger partial charge in [-0.3, -0.25) is 4.98 Å². The number of rotatable bonds is 5. The molecule has 0 aliphatic carbocycles. The van der Waals surface area contributed by atoms with Gasteiger partial charge in [-0.1, -0.05) is 18.2 Å². The summed E-state index contributed by atoms with van der Waals surface area (Å²) >= 11 is 1.63. The zero-order chi connectivity index (χ0) is 16.2. The van der Waals surface area contributed by atoms with E-state index in [4.69, 9.17) is 0 Å². The highest BCUT2D eigenvalue weighted by Gasteiger charge is 2.14. The lowest BCUT2D eigenvalue weighted by molar-refractivity contribution is 0.500. The highest BCUT2D eigenvalue weighted by Crippen LogP contribution is 2.33. The van der Waals surface area contributed by atoms with Crippen molar-refractivity contribution in [1.82, 2.24) is 10.3 Å². The highest BCUT2D eigenvalue weighted by molar-refractivity contribution is 7.15. The summed E-state index contributed by atoms with van der Waals surface area (Å²) in [6, 6.07) is 15.4. The minimum absolute atomic E-state index is 0.174. The Bertz CT molecular complexity index is 770. The van der Waals surface area contributed by atoms with Crippen LogP contribution in [0.3, 0.4) is 0 Å². The molecular weight excluding hydrogens is 307 g/mol. The normalized spacial score (nSPS) is 13.7. The number of pyridine rings is 1. The highest BCUT2D eigenvalue weighted by atomic mass is 32.1. The van der Waals surface area contributed by atoms with Crippen LogP contribution in [0.5, 0.6) is 0 Å². The first-order valence-electron chi connectivity index (χ1n) is 7.66. The SMILES string of the molecule is C[C@H](N[C@H](C)c1ccncc1)c1ccc(-c2ccccc2F)s1. The number of hydrogen-bond acceptors (Lipinski definition) is 3. The first-order valence-corrected chi connectivity index (χ1v) is 8.47. The molecule has 0 spiro atoms. The molecule has 2 atom stereocenters. The number of halogens is 1. The van der Waals surface area contributed by atoms with Gasteiger partial charge in [-0.25, -0.2) is 4.39 Å². The third-order valence-electron chi connectivity index (χ3n) is 3.90. The van der Waals surface area contributed by atoms with Gasteiger partial charge in [0.1, 0.15) is 5.82 Å². The molecule has 23 heavy (non-hydrogen) atoms. The van der Waals surface area contributed by atoms with Crippen molar-refractivity contribution < 1.29 is 4.39 Å². The summed E-state index contributed by atoms with van der Waals surface area (Å²) in [7, 11) is 0. The number of hydrogen-bond donors (Lipinski definition) is 1. The molecule has 1 aromatic carbocycles. The summed E-state index contributed by atoms with van der Waals surface area (Å²) in [5.41, 5.74) is 1.87. The second kappa shape index (κ2) is 7.02. The van der Waals surface area contributed by atoms with E-state index >= 15 is 0 Å². The quantitative estimate of drug-likeness (QED) is 0.682. The molecule has 2 heterocycles. The van der Waals surface area contributed by atoms with Gasteiger partial charge >= 0.3 is 0 Å². The molecule has 118 valence electrons. The molecule has 0 bridgehead atoms. The number of nitrogens with zero attached hydrogens (tertiary/aromatic N) is 1. The molecule has 2 nitrogen and oxygen atoms in total. The van der Waals surface area contributed by atoms with E-state index in [1.165, 1.54) is 16.5 Å². The molecule has 0 saturated carbocycles. The Morgan fingerprint density at radius 2 is 1.70 bits per heavy atom. The van der Waals surface area contributed by atoms with Crippen molar-refractivity contribution in [2.24, 2.45) is 0 Å². The number of aromatic nitrogens is 1. The monoisotopic (exact) mass is 326 g/mol. The smallest absolute Gasteiger partial charge is 0.131 e. The minimum atomic E-state index is -0.174. The van der Waals surface area contributed by atoms with Crippen LogP contribution in [0.2, 0.25) is 0 Å². The summed E-state index contributed by atoms with van der Waals surface area (Å²) in [6.07, 6.45) is 3.61. The zero-order valence-electron chi connectivity index (χ0n) is 13.2. The third kappa shape index (κ3) is 3.66. The second-order valence-electron chi connectivity index (χ2n) is 5.57. The maximum Gasteiger partial charge on any atom is 0.131 e. The topological polar surface area (TPSA) is 24.9 Å². The Morgan fingerprint density at radius 1 is 0.957 bits per heavy atom. The van der Waals surface area contributed by atoms with Crippen LogP contribution >= 0.6 is 11.3 Å². The fourth-order valence-corrected chi connectivity index (χ4v) is 3.64. The first kappa shape index (κ1) is 15.8. The van der Waals surface area contributed by atoms with Crippen LogP contribution in [0.25, 0.3) is 10.4 Å². The van der Waals surface area contributed by atoms with Gasteiger partial charge in [0.05, 0.1) is 0 Å². The lowest BCUT2D eigenvalue weighted by Gasteiger charge is -2.19. The molecule has 0 aliphatic heterocycles. The fraction of sp³-hybridized carbons (Fsp3) is 0.211. The molecule has 4 heteroatoms. The predicted molar refractivity (Wildman–Crippen MR) is 93.9 cm³/mol. The standard InChI is InChI=1S/C19H19FN2S/c1-13(15-9-11-21-12-10-15)22-14(2)18-7-8-19(23-18)16-5-3-4-6-17(16)20/h3-14,22H,1-2H3/t13-,14+/m1/s1. The van der Waals surface area contributed by atoms with Crippen molar-refractivity contribution in [3.05, 3.63) is 77.2 Å². The van der Waals surface area contributed by atoms with Gasteiger partial charge in [0.15, 0.2) is 0 Å². The molecule has 0 amide bonds. The second-order valence-corrected chi connectivity index (χ2v) is 6.69. The Kier molecular flexibility index (Phi) is 4.84. The maximum absolute atomic E-state index is 13.9. The molecule has 0 aliphatic rings. The molecule has 0 unspecified atom stereocenters. The lowest BCUT2D eigenvalue weighted by Crippen LogP contribution is -2.21. The van der Waals surface area contributed by atoms with E-state index < -0.39 is 0 Å². The summed E-state index contributed by atoms with van der Waals surface area (Å²) in [6.45, 7) is 4.27. The van der Waals surface area contributed by atoms with E-state index in [1.54, 1.807) is 29.8 Å². The van der Waals surface area contributed by atoms with E-state index in [0.717, 1.165) is 4.88 Å². The summed E-state index contributed by atoms with van der Waals surface area (Å²) in [5, 5.41) is 3.58. The van der Waals surface area contributed by atoms with Crippen LogP contribution < -0.4 is 5.32 Å². The van der Waals surface area contributed by atoms with E-state index in [0.29, 0.717) is 5.56 Å². The van der Waals surface area contributed by atoms with Crippen molar-refractivity contribution >= 4 is 11.3 Å². The summed E-state index contributed by atoms with van der Waals surface area (Å²) in [5.74, 6) is -0.174. The van der Waals surface area contributed by atoms with Gasteiger partial charge in [-0.15, -0.1) is 11.3 Å². The third-order valence-corrected chi connectivity index (χ3v) is 5.20. The van der Waals surface area contributed by atoms with Crippen molar-refractivity contribution in [3.63, 3.8) is 0 Å². The van der Waals surface area contributed by atoms with E-state index in [9.17, 15) is 4.39 Å². The average molecular weight is 326 g/mol. The van der Waals surface area contributed by atoms with Gasteiger partial charge in [0, 0.05) is 39.8 Å². The summed E-state index contributed by atoms with van der Waals surface area (Å²) in [4.78, 5) is 6.21. The predicted octanol–water partition coefficient (Wildman–Crippen LogP) is 5.36. The largest absolute Gasteiger partial charge is 0.303 e. The molecular formula is C19H19FN2S. The lowest BCUT2D eigenvalue weighted by atomic mass is 10.1. The molecule has 1 N–H and O–H groups in total. The van der Waals surface area contributed by atoms with Crippen molar-refractivity contribution in [3.8, 4) is 10.4 Å². The number of thiophene rings is 1. The van der Waals surface area contributed by atoms with Crippen molar-refractivity contribution in [2.45, 2.75) is 25.9 Å². The van der Waals surface area contributed by atoms with Crippen molar-refractivity contribution in [1.29, 1.82) is 0 Å². The van der Waals surface area contributed by atoms with Crippen LogP contribution in [0.1, 0.15) is 36.4 Å². The molecule has 2 aromatic heterocycles. The van der Waals surface area contributed by atoms with Crippen LogP contribution in [0, 0.1) is 5.82 Å². The van der Waals surface area contributed by atoms with Crippen LogP contribution in [-0.2, 0) is 0 Å². The van der Waals surface area contributed by atoms with Crippen LogP contribution in [0.4, 0.5) is 4.39 Å². The molecule has 0 fully saturated rings. The Labute approximate surface area is 140 Å². The first-order chi connectivity index (χ1) is 11.1. The molecule has 3 rings (SSSR count). The van der Waals surface area contributed by atoms with Gasteiger partial charge < -0.3 is 5.32 Å². The molecule has 0 radical (unpaired) electrons. The Balaban J connectivity index is 1.74. The van der Waals surface area contributed by atoms with Gasteiger partial charge in [0.2, 0.25) is 0 Å². The Morgan fingerprint density at radius 3 is 2.43 bits per heavy atom. The van der Waals surface area contributed by atoms with Crippen molar-refractivity contribution in [2.75, 3.05) is 0 Å². The van der Waals surface area contributed by atoms with Crippen LogP contribution in [-0.4, -0.2) is 4.98 Å². The zero-order valence-corrected chi connectivity index (χ0v) is 14.0. The van der Waals surface area contributed by atoms with Gasteiger partial charge in [-0.2, -0.15) is 0 Å². The molecule has 3 aromatic rings. The summed E-state index contributed by atoms with van der Waals surface area (Å²) < 4.78 is 13.9. The number of benzene rings is 1. The maximum atomic E-state index is 13.9. The average Bonchev–Trinajstić information content (AvgIpc) is 3.06. The number of nitrogens with one attached hydrogen (secondary N) is 1. The minimum Gasteiger partial charge on any atom is -0.303 e. The van der Waals surface area contributed by atoms with Gasteiger partial charge in [0.25, 0.3) is 0 Å². The molecule has 0 saturated heterocycles.